The summed E-state index contributed by atoms with van der Waals surface area (Å²) in [5.74, 6) is -1.10. The molecule has 0 fully saturated rings. The Hall–Kier alpha value is -3.78. The van der Waals surface area contributed by atoms with E-state index in [0.717, 1.165) is 26.5 Å². The number of urea groups is 1. The number of carbonyl (C=O) groups is 3. The highest BCUT2D eigenvalue weighted by atomic mass is 32.2. The summed E-state index contributed by atoms with van der Waals surface area (Å²) >= 11 is 1.37. The average Bonchev–Trinajstić information content (AvgIpc) is 3.23. The molecule has 0 radical (unpaired) electrons. The number of carbonyl (C=O) groups excluding carboxylic acids is 3. The van der Waals surface area contributed by atoms with Crippen molar-refractivity contribution in [3.63, 3.8) is 0 Å². The molecule has 0 saturated carbocycles. The van der Waals surface area contributed by atoms with Crippen molar-refractivity contribution in [2.45, 2.75) is 30.5 Å². The number of hydrogen-bond donors (Lipinski definition) is 1. The van der Waals surface area contributed by atoms with Crippen LogP contribution in [0.2, 0.25) is 0 Å². The van der Waals surface area contributed by atoms with Crippen LogP contribution >= 0.6 is 11.8 Å². The number of nitrogens with zero attached hydrogens (tertiary/aromatic N) is 2. The second kappa shape index (κ2) is 9.11. The van der Waals surface area contributed by atoms with Crippen molar-refractivity contribution in [2.75, 3.05) is 11.9 Å². The van der Waals surface area contributed by atoms with Crippen LogP contribution in [0, 0.1) is 19.7 Å². The number of nitrogens with one attached hydrogen (secondary N) is 1. The summed E-state index contributed by atoms with van der Waals surface area (Å²) in [6, 6.07) is 18.4. The molecule has 176 valence electrons. The standard InChI is InChI=1S/C27H22FN3O3S/c1-16-7-8-17(2)21(13-16)29-23(32)15-30-24-20-5-3-4-6-22(20)35-25(24)26(33)31(27(30)34)14-18-9-11-19(28)12-10-18/h3-13,25H,14-15H2,1-2H3/p+1. The van der Waals surface area contributed by atoms with Gasteiger partial charge in [0.1, 0.15) is 18.1 Å². The summed E-state index contributed by atoms with van der Waals surface area (Å²) in [7, 11) is 0. The van der Waals surface area contributed by atoms with E-state index in [4.69, 9.17) is 0 Å². The number of benzene rings is 3. The van der Waals surface area contributed by atoms with Crippen molar-refractivity contribution >= 4 is 41.0 Å². The highest BCUT2D eigenvalue weighted by Gasteiger charge is 2.52. The van der Waals surface area contributed by atoms with Gasteiger partial charge in [-0.05, 0) is 60.9 Å². The summed E-state index contributed by atoms with van der Waals surface area (Å²) in [6.07, 6.45) is 0. The van der Waals surface area contributed by atoms with Gasteiger partial charge in [-0.15, -0.1) is 11.8 Å². The first-order valence-corrected chi connectivity index (χ1v) is 12.1. The summed E-state index contributed by atoms with van der Waals surface area (Å²) in [6.45, 7) is 3.60. The summed E-state index contributed by atoms with van der Waals surface area (Å²) in [4.78, 5) is 42.2. The van der Waals surface area contributed by atoms with Crippen molar-refractivity contribution in [3.05, 3.63) is 94.8 Å². The van der Waals surface area contributed by atoms with E-state index in [1.807, 2.05) is 56.3 Å². The lowest BCUT2D eigenvalue weighted by Gasteiger charge is -2.24. The topological polar surface area (TPSA) is 69.5 Å². The molecule has 6 nitrogen and oxygen atoms in total. The van der Waals surface area contributed by atoms with Crippen molar-refractivity contribution in [1.29, 1.82) is 0 Å². The molecule has 2 heterocycles. The molecule has 0 bridgehead atoms. The molecular weight excluding hydrogens is 465 g/mol. The van der Waals surface area contributed by atoms with Crippen molar-refractivity contribution in [1.82, 2.24) is 4.90 Å². The Bertz CT molecular complexity index is 1400. The van der Waals surface area contributed by atoms with E-state index in [1.165, 1.54) is 28.5 Å². The van der Waals surface area contributed by atoms with Gasteiger partial charge in [-0.3, -0.25) is 4.79 Å². The Morgan fingerprint density at radius 2 is 1.80 bits per heavy atom. The van der Waals surface area contributed by atoms with E-state index >= 15 is 0 Å². The van der Waals surface area contributed by atoms with Crippen LogP contribution in [0.1, 0.15) is 22.3 Å². The van der Waals surface area contributed by atoms with Crippen LogP contribution in [0.3, 0.4) is 0 Å². The molecule has 8 heteroatoms. The zero-order valence-electron chi connectivity index (χ0n) is 19.2. The Labute approximate surface area is 206 Å². The van der Waals surface area contributed by atoms with Gasteiger partial charge >= 0.3 is 11.9 Å². The van der Waals surface area contributed by atoms with E-state index in [0.29, 0.717) is 17.0 Å². The van der Waals surface area contributed by atoms with Gasteiger partial charge in [0.15, 0.2) is 11.8 Å². The molecule has 1 N–H and O–H groups in total. The maximum Gasteiger partial charge on any atom is 0.501 e. The predicted octanol–water partition coefficient (Wildman–Crippen LogP) is 4.52. The maximum absolute atomic E-state index is 13.6. The number of thioether (sulfide) groups is 1. The number of hydrogen-bond acceptors (Lipinski definition) is 4. The zero-order valence-corrected chi connectivity index (χ0v) is 20.1. The lowest BCUT2D eigenvalue weighted by molar-refractivity contribution is -0.426. The number of rotatable bonds is 5. The van der Waals surface area contributed by atoms with Gasteiger partial charge < -0.3 is 5.32 Å². The summed E-state index contributed by atoms with van der Waals surface area (Å²) < 4.78 is 14.8. The lowest BCUT2D eigenvalue weighted by Crippen LogP contribution is -2.56. The minimum Gasteiger partial charge on any atom is -0.322 e. The van der Waals surface area contributed by atoms with E-state index in [2.05, 4.69) is 5.32 Å². The fraction of sp³-hybridized carbons (Fsp3) is 0.185. The third kappa shape index (κ3) is 4.37. The van der Waals surface area contributed by atoms with Crippen molar-refractivity contribution in [2.24, 2.45) is 0 Å². The molecule has 0 aliphatic carbocycles. The zero-order chi connectivity index (χ0) is 24.7. The highest BCUT2D eigenvalue weighted by Crippen LogP contribution is 2.40. The minimum absolute atomic E-state index is 0.00621. The average molecular weight is 489 g/mol. The summed E-state index contributed by atoms with van der Waals surface area (Å²) in [5, 5.41) is 2.27. The second-order valence-corrected chi connectivity index (χ2v) is 9.81. The van der Waals surface area contributed by atoms with Gasteiger partial charge in [-0.1, -0.05) is 36.4 Å². The highest BCUT2D eigenvalue weighted by molar-refractivity contribution is 8.02. The van der Waals surface area contributed by atoms with E-state index in [1.54, 1.807) is 12.1 Å². The third-order valence-electron chi connectivity index (χ3n) is 6.12. The maximum atomic E-state index is 13.6. The van der Waals surface area contributed by atoms with Gasteiger partial charge in [-0.2, -0.15) is 14.3 Å². The molecule has 5 rings (SSSR count). The van der Waals surface area contributed by atoms with Crippen LogP contribution in [0.25, 0.3) is 0 Å². The Kier molecular flexibility index (Phi) is 5.98. The molecule has 1 atom stereocenters. The van der Waals surface area contributed by atoms with Gasteiger partial charge in [0, 0.05) is 16.1 Å². The molecule has 3 aromatic rings. The first-order chi connectivity index (χ1) is 16.8. The van der Waals surface area contributed by atoms with E-state index in [9.17, 15) is 18.8 Å². The first kappa shape index (κ1) is 23.0. The van der Waals surface area contributed by atoms with Crippen LogP contribution in [-0.2, 0) is 16.1 Å². The second-order valence-electron chi connectivity index (χ2n) is 8.67. The fourth-order valence-electron chi connectivity index (χ4n) is 4.32. The van der Waals surface area contributed by atoms with Crippen LogP contribution in [-0.4, -0.2) is 44.8 Å². The Balaban J connectivity index is 1.51. The van der Waals surface area contributed by atoms with E-state index < -0.39 is 17.1 Å². The van der Waals surface area contributed by atoms with E-state index in [-0.39, 0.29) is 24.9 Å². The molecule has 0 saturated heterocycles. The third-order valence-corrected chi connectivity index (χ3v) is 7.39. The number of fused-ring (bicyclic) bond motifs is 3. The molecule has 3 aromatic carbocycles. The molecule has 1 unspecified atom stereocenters. The number of imide groups is 1. The van der Waals surface area contributed by atoms with Crippen LogP contribution in [0.5, 0.6) is 0 Å². The van der Waals surface area contributed by atoms with Gasteiger partial charge in [0.25, 0.3) is 5.91 Å². The molecular formula is C27H23FN3O3S+. The molecule has 0 spiro atoms. The minimum atomic E-state index is -0.640. The van der Waals surface area contributed by atoms with Crippen molar-refractivity contribution < 1.29 is 23.3 Å². The SMILES string of the molecule is Cc1ccc(C)c(NC(=O)C[N+]2=C3c4ccccc4SC3C(=O)N(Cc3ccc(F)cc3)C2=O)c1. The fourth-order valence-corrected chi connectivity index (χ4v) is 5.62. The van der Waals surface area contributed by atoms with Crippen LogP contribution in [0.15, 0.2) is 71.6 Å². The smallest absolute Gasteiger partial charge is 0.322 e. The number of amides is 4. The van der Waals surface area contributed by atoms with Gasteiger partial charge in [0.05, 0.1) is 0 Å². The number of halogens is 1. The Morgan fingerprint density at radius 3 is 2.57 bits per heavy atom. The summed E-state index contributed by atoms with van der Waals surface area (Å²) in [5.41, 5.74) is 4.54. The molecule has 0 aromatic heterocycles. The number of aryl methyl sites for hydroxylation is 2. The largest absolute Gasteiger partial charge is 0.501 e. The predicted molar refractivity (Wildman–Crippen MR) is 132 cm³/mol. The monoisotopic (exact) mass is 488 g/mol. The molecule has 35 heavy (non-hydrogen) atoms. The molecule has 2 aliphatic heterocycles. The first-order valence-electron chi connectivity index (χ1n) is 11.2. The molecule has 4 amide bonds. The van der Waals surface area contributed by atoms with Crippen LogP contribution < -0.4 is 5.32 Å². The lowest BCUT2D eigenvalue weighted by atomic mass is 10.0. The van der Waals surface area contributed by atoms with Crippen LogP contribution in [0.4, 0.5) is 14.9 Å². The van der Waals surface area contributed by atoms with Gasteiger partial charge in [0.2, 0.25) is 0 Å². The normalized spacial score (nSPS) is 16.9. The quantitative estimate of drug-likeness (QED) is 0.536. The van der Waals surface area contributed by atoms with Crippen molar-refractivity contribution in [3.8, 4) is 0 Å². The van der Waals surface area contributed by atoms with Gasteiger partial charge in [-0.25, -0.2) is 9.18 Å². The Morgan fingerprint density at radius 1 is 1.06 bits per heavy atom. The number of anilines is 1. The molecule has 2 aliphatic rings.